The fourth-order valence-corrected chi connectivity index (χ4v) is 2.32. The molecule has 0 aliphatic heterocycles. The molecule has 0 radical (unpaired) electrons. The van der Waals surface area contributed by atoms with Crippen LogP contribution in [-0.2, 0) is 6.54 Å². The molecule has 1 aromatic heterocycles. The van der Waals surface area contributed by atoms with Gasteiger partial charge in [0.2, 0.25) is 5.95 Å². The molecule has 0 spiro atoms. The van der Waals surface area contributed by atoms with E-state index >= 15 is 0 Å². The zero-order chi connectivity index (χ0) is 17.5. The van der Waals surface area contributed by atoms with E-state index in [0.29, 0.717) is 24.7 Å². The molecule has 0 aliphatic carbocycles. The van der Waals surface area contributed by atoms with Gasteiger partial charge in [0.1, 0.15) is 11.8 Å². The van der Waals surface area contributed by atoms with Gasteiger partial charge in [0, 0.05) is 6.54 Å². The number of nitrogens with zero attached hydrogens (tertiary/aromatic N) is 5. The van der Waals surface area contributed by atoms with E-state index in [0.717, 1.165) is 11.3 Å². The smallest absolute Gasteiger partial charge is 0.248 e. The number of nitrogens with one attached hydrogen (secondary N) is 1. The van der Waals surface area contributed by atoms with E-state index in [2.05, 4.69) is 26.9 Å². The monoisotopic (exact) mass is 334 g/mol. The van der Waals surface area contributed by atoms with Gasteiger partial charge in [-0.1, -0.05) is 42.4 Å². The molecule has 1 heterocycles. The van der Waals surface area contributed by atoms with Gasteiger partial charge in [-0.15, -0.1) is 0 Å². The lowest BCUT2D eigenvalue weighted by Crippen LogP contribution is -2.12. The fraction of sp³-hybridized carbons (Fsp3) is 0.222. The molecule has 0 bridgehead atoms. The second kappa shape index (κ2) is 7.93. The van der Waals surface area contributed by atoms with Crippen LogP contribution in [0.15, 0.2) is 54.6 Å². The van der Waals surface area contributed by atoms with Gasteiger partial charge >= 0.3 is 0 Å². The largest absolute Gasteiger partial charge is 0.476 e. The maximum absolute atomic E-state index is 9.01. The van der Waals surface area contributed by atoms with Crippen molar-refractivity contribution in [2.45, 2.75) is 26.0 Å². The SMILES string of the molecule is CCC(C#N)Oc1cccc(CNc2nnnn2-c2ccccc2)c1. The average molecular weight is 334 g/mol. The van der Waals surface area contributed by atoms with E-state index in [4.69, 9.17) is 10.00 Å². The van der Waals surface area contributed by atoms with Gasteiger partial charge < -0.3 is 10.1 Å². The third kappa shape index (κ3) is 4.12. The Hall–Kier alpha value is -3.40. The Balaban J connectivity index is 1.69. The number of aromatic nitrogens is 4. The standard InChI is InChI=1S/C18H18N6O/c1-2-16(12-19)25-17-10-6-7-14(11-17)13-20-18-21-22-23-24(18)15-8-4-3-5-9-15/h3-11,16H,2,13H2,1H3,(H,20,21,23). The van der Waals surface area contributed by atoms with E-state index in [-0.39, 0.29) is 0 Å². The Bertz CT molecular complexity index is 855. The molecular formula is C18H18N6O. The minimum atomic E-state index is -0.436. The summed E-state index contributed by atoms with van der Waals surface area (Å²) in [5.41, 5.74) is 1.89. The Kier molecular flexibility index (Phi) is 5.22. The number of anilines is 1. The van der Waals surface area contributed by atoms with Crippen molar-refractivity contribution < 1.29 is 4.74 Å². The predicted octanol–water partition coefficient (Wildman–Crippen LogP) is 2.96. The molecule has 3 rings (SSSR count). The van der Waals surface area contributed by atoms with Crippen molar-refractivity contribution in [2.75, 3.05) is 5.32 Å². The van der Waals surface area contributed by atoms with Crippen LogP contribution in [0.1, 0.15) is 18.9 Å². The number of benzene rings is 2. The number of tetrazole rings is 1. The summed E-state index contributed by atoms with van der Waals surface area (Å²) in [6.45, 7) is 2.45. The van der Waals surface area contributed by atoms with Crippen molar-refractivity contribution in [3.8, 4) is 17.5 Å². The van der Waals surface area contributed by atoms with Gasteiger partial charge in [-0.3, -0.25) is 0 Å². The molecule has 7 nitrogen and oxygen atoms in total. The van der Waals surface area contributed by atoms with Crippen molar-refractivity contribution >= 4 is 5.95 Å². The first kappa shape index (κ1) is 16.5. The van der Waals surface area contributed by atoms with Crippen molar-refractivity contribution in [3.05, 3.63) is 60.2 Å². The second-order valence-electron chi connectivity index (χ2n) is 5.39. The Morgan fingerprint density at radius 3 is 2.80 bits per heavy atom. The second-order valence-corrected chi connectivity index (χ2v) is 5.39. The van der Waals surface area contributed by atoms with Crippen LogP contribution < -0.4 is 10.1 Å². The third-order valence-corrected chi connectivity index (χ3v) is 3.61. The summed E-state index contributed by atoms with van der Waals surface area (Å²) in [5.74, 6) is 1.23. The molecular weight excluding hydrogens is 316 g/mol. The third-order valence-electron chi connectivity index (χ3n) is 3.61. The van der Waals surface area contributed by atoms with Crippen molar-refractivity contribution in [1.29, 1.82) is 5.26 Å². The first-order chi connectivity index (χ1) is 12.3. The van der Waals surface area contributed by atoms with Crippen LogP contribution in [0, 0.1) is 11.3 Å². The van der Waals surface area contributed by atoms with Gasteiger partial charge in [0.15, 0.2) is 6.10 Å². The minimum Gasteiger partial charge on any atom is -0.476 e. The highest BCUT2D eigenvalue weighted by atomic mass is 16.5. The highest BCUT2D eigenvalue weighted by Gasteiger charge is 2.09. The van der Waals surface area contributed by atoms with E-state index in [1.165, 1.54) is 0 Å². The molecule has 0 aliphatic rings. The van der Waals surface area contributed by atoms with Crippen LogP contribution in [0.3, 0.4) is 0 Å². The zero-order valence-corrected chi connectivity index (χ0v) is 13.8. The van der Waals surface area contributed by atoms with Crippen molar-refractivity contribution in [3.63, 3.8) is 0 Å². The van der Waals surface area contributed by atoms with Gasteiger partial charge in [0.05, 0.1) is 5.69 Å². The molecule has 0 fully saturated rings. The van der Waals surface area contributed by atoms with Gasteiger partial charge in [0.25, 0.3) is 0 Å². The van der Waals surface area contributed by atoms with Crippen LogP contribution in [0.5, 0.6) is 5.75 Å². The maximum atomic E-state index is 9.01. The number of rotatable bonds is 7. The highest BCUT2D eigenvalue weighted by Crippen LogP contribution is 2.17. The quantitative estimate of drug-likeness (QED) is 0.714. The Morgan fingerprint density at radius 2 is 2.04 bits per heavy atom. The maximum Gasteiger partial charge on any atom is 0.248 e. The average Bonchev–Trinajstić information content (AvgIpc) is 3.14. The van der Waals surface area contributed by atoms with Crippen molar-refractivity contribution in [1.82, 2.24) is 20.2 Å². The van der Waals surface area contributed by atoms with Crippen LogP contribution >= 0.6 is 0 Å². The van der Waals surface area contributed by atoms with Gasteiger partial charge in [-0.05, 0) is 46.7 Å². The summed E-state index contributed by atoms with van der Waals surface area (Å²) >= 11 is 0. The molecule has 0 saturated carbocycles. The number of ether oxygens (including phenoxy) is 1. The van der Waals surface area contributed by atoms with Crippen LogP contribution in [-0.4, -0.2) is 26.3 Å². The predicted molar refractivity (Wildman–Crippen MR) is 93.2 cm³/mol. The number of para-hydroxylation sites is 1. The van der Waals surface area contributed by atoms with E-state index in [1.54, 1.807) is 4.68 Å². The van der Waals surface area contributed by atoms with E-state index < -0.39 is 6.10 Å². The van der Waals surface area contributed by atoms with Gasteiger partial charge in [-0.2, -0.15) is 9.94 Å². The van der Waals surface area contributed by atoms with E-state index in [1.807, 2.05) is 61.5 Å². The fourth-order valence-electron chi connectivity index (χ4n) is 2.32. The normalized spacial score (nSPS) is 11.5. The Labute approximate surface area is 145 Å². The molecule has 126 valence electrons. The molecule has 3 aromatic rings. The van der Waals surface area contributed by atoms with Crippen LogP contribution in [0.2, 0.25) is 0 Å². The topological polar surface area (TPSA) is 88.7 Å². The molecule has 1 atom stereocenters. The first-order valence-electron chi connectivity index (χ1n) is 8.03. The molecule has 1 N–H and O–H groups in total. The highest BCUT2D eigenvalue weighted by molar-refractivity contribution is 5.39. The summed E-state index contributed by atoms with van der Waals surface area (Å²) in [7, 11) is 0. The number of nitriles is 1. The lowest BCUT2D eigenvalue weighted by Gasteiger charge is -2.12. The van der Waals surface area contributed by atoms with Crippen LogP contribution in [0.25, 0.3) is 5.69 Å². The summed E-state index contributed by atoms with van der Waals surface area (Å²) in [5, 5.41) is 24.0. The summed E-state index contributed by atoms with van der Waals surface area (Å²) < 4.78 is 7.29. The lowest BCUT2D eigenvalue weighted by atomic mass is 10.2. The Morgan fingerprint density at radius 1 is 1.20 bits per heavy atom. The molecule has 2 aromatic carbocycles. The first-order valence-corrected chi connectivity index (χ1v) is 8.03. The molecule has 7 heteroatoms. The molecule has 1 unspecified atom stereocenters. The lowest BCUT2D eigenvalue weighted by molar-refractivity contribution is 0.251. The van der Waals surface area contributed by atoms with Gasteiger partial charge in [-0.25, -0.2) is 0 Å². The van der Waals surface area contributed by atoms with E-state index in [9.17, 15) is 0 Å². The number of hydrogen-bond donors (Lipinski definition) is 1. The zero-order valence-electron chi connectivity index (χ0n) is 13.8. The molecule has 25 heavy (non-hydrogen) atoms. The van der Waals surface area contributed by atoms with Crippen LogP contribution in [0.4, 0.5) is 5.95 Å². The summed E-state index contributed by atoms with van der Waals surface area (Å²) in [4.78, 5) is 0. The molecule has 0 amide bonds. The summed E-state index contributed by atoms with van der Waals surface area (Å²) in [6.07, 6.45) is 0.207. The van der Waals surface area contributed by atoms with Crippen molar-refractivity contribution in [2.24, 2.45) is 0 Å². The molecule has 0 saturated heterocycles. The number of hydrogen-bond acceptors (Lipinski definition) is 6. The minimum absolute atomic E-state index is 0.436. The summed E-state index contributed by atoms with van der Waals surface area (Å²) in [6, 6.07) is 19.4.